The average molecular weight is 393 g/mol. The van der Waals surface area contributed by atoms with Crippen LogP contribution in [-0.4, -0.2) is 41.9 Å². The second-order valence-electron chi connectivity index (χ2n) is 8.33. The van der Waals surface area contributed by atoms with Crippen LogP contribution in [0.4, 0.5) is 0 Å². The van der Waals surface area contributed by atoms with Crippen molar-refractivity contribution in [2.24, 2.45) is 0 Å². The number of nitrogens with zero attached hydrogens (tertiary/aromatic N) is 1. The summed E-state index contributed by atoms with van der Waals surface area (Å²) >= 11 is 0. The molecule has 1 amide bonds. The van der Waals surface area contributed by atoms with Gasteiger partial charge in [0.25, 0.3) is 5.91 Å². The normalized spacial score (nSPS) is 17.6. The summed E-state index contributed by atoms with van der Waals surface area (Å²) in [6.07, 6.45) is 1.69. The van der Waals surface area contributed by atoms with Crippen molar-refractivity contribution in [1.82, 2.24) is 4.90 Å². The summed E-state index contributed by atoms with van der Waals surface area (Å²) in [5, 5.41) is 0. The molecule has 1 fully saturated rings. The zero-order valence-corrected chi connectivity index (χ0v) is 17.3. The van der Waals surface area contributed by atoms with Gasteiger partial charge < -0.3 is 14.4 Å². The monoisotopic (exact) mass is 393 g/mol. The third kappa shape index (κ3) is 4.00. The van der Waals surface area contributed by atoms with E-state index in [4.69, 9.17) is 9.47 Å². The Balaban J connectivity index is 1.39. The zero-order chi connectivity index (χ0) is 20.6. The number of aryl methyl sites for hydroxylation is 3. The number of hydrogen-bond donors (Lipinski definition) is 0. The number of ether oxygens (including phenoxy) is 2. The van der Waals surface area contributed by atoms with Crippen LogP contribution in [0.2, 0.25) is 0 Å². The Morgan fingerprint density at radius 3 is 2.59 bits per heavy atom. The van der Waals surface area contributed by atoms with Crippen LogP contribution in [0.3, 0.4) is 0 Å². The first kappa shape index (κ1) is 19.5. The molecule has 4 rings (SSSR count). The molecular weight excluding hydrogens is 366 g/mol. The van der Waals surface area contributed by atoms with Gasteiger partial charge in [0, 0.05) is 25.9 Å². The summed E-state index contributed by atoms with van der Waals surface area (Å²) in [5.41, 5.74) is 3.37. The fourth-order valence-electron chi connectivity index (χ4n) is 4.40. The molecule has 0 aromatic heterocycles. The number of likely N-dealkylation sites (tertiary alicyclic amines) is 1. The number of rotatable bonds is 3. The van der Waals surface area contributed by atoms with E-state index < -0.39 is 5.60 Å². The molecule has 2 heterocycles. The second kappa shape index (κ2) is 7.54. The number of ketones is 1. The van der Waals surface area contributed by atoms with Crippen LogP contribution in [0.25, 0.3) is 0 Å². The molecule has 0 saturated carbocycles. The standard InChI is InChI=1S/C24H27NO4/c1-16-5-4-6-19(12-16)28-15-22(27)25-9-7-24(8-10-25)14-20(26)23-18(3)11-17(2)13-21(23)29-24/h4-6,11-13H,7-10,14-15H2,1-3H3. The van der Waals surface area contributed by atoms with Gasteiger partial charge in [0.1, 0.15) is 17.1 Å². The quantitative estimate of drug-likeness (QED) is 0.790. The van der Waals surface area contributed by atoms with Gasteiger partial charge in [-0.2, -0.15) is 0 Å². The third-order valence-corrected chi connectivity index (χ3v) is 5.91. The molecule has 2 aliphatic heterocycles. The summed E-state index contributed by atoms with van der Waals surface area (Å²) in [4.78, 5) is 27.2. The van der Waals surface area contributed by atoms with Gasteiger partial charge in [0.05, 0.1) is 12.0 Å². The SMILES string of the molecule is Cc1cccc(OCC(=O)N2CCC3(CC2)CC(=O)c2c(C)cc(C)cc2O3)c1. The molecule has 1 spiro atoms. The van der Waals surface area contributed by atoms with Crippen LogP contribution < -0.4 is 9.47 Å². The highest BCUT2D eigenvalue weighted by molar-refractivity contribution is 6.01. The summed E-state index contributed by atoms with van der Waals surface area (Å²) < 4.78 is 12.0. The van der Waals surface area contributed by atoms with Crippen molar-refractivity contribution >= 4 is 11.7 Å². The Morgan fingerprint density at radius 1 is 1.10 bits per heavy atom. The summed E-state index contributed by atoms with van der Waals surface area (Å²) in [5.74, 6) is 1.51. The predicted octanol–water partition coefficient (Wildman–Crippen LogP) is 4.02. The van der Waals surface area contributed by atoms with E-state index in [2.05, 4.69) is 0 Å². The lowest BCUT2D eigenvalue weighted by atomic mass is 9.81. The topological polar surface area (TPSA) is 55.8 Å². The van der Waals surface area contributed by atoms with Gasteiger partial charge in [-0.1, -0.05) is 18.2 Å². The van der Waals surface area contributed by atoms with Crippen LogP contribution >= 0.6 is 0 Å². The van der Waals surface area contributed by atoms with Gasteiger partial charge in [-0.3, -0.25) is 9.59 Å². The maximum absolute atomic E-state index is 12.8. The Bertz CT molecular complexity index is 957. The number of fused-ring (bicyclic) bond motifs is 1. The summed E-state index contributed by atoms with van der Waals surface area (Å²) in [6, 6.07) is 11.7. The number of amides is 1. The average Bonchev–Trinajstić information content (AvgIpc) is 2.65. The minimum absolute atomic E-state index is 0.0253. The number of Topliss-reactive ketones (excluding diaryl/α,β-unsaturated/α-hetero) is 1. The van der Waals surface area contributed by atoms with Gasteiger partial charge >= 0.3 is 0 Å². The molecule has 0 bridgehead atoms. The van der Waals surface area contributed by atoms with Crippen molar-refractivity contribution in [2.75, 3.05) is 19.7 Å². The molecule has 2 aliphatic rings. The fraction of sp³-hybridized carbons (Fsp3) is 0.417. The van der Waals surface area contributed by atoms with E-state index in [1.54, 1.807) is 0 Å². The number of carbonyl (C=O) groups is 2. The first-order chi connectivity index (χ1) is 13.8. The van der Waals surface area contributed by atoms with Crippen LogP contribution in [0, 0.1) is 20.8 Å². The van der Waals surface area contributed by atoms with E-state index >= 15 is 0 Å². The van der Waals surface area contributed by atoms with E-state index in [0.29, 0.717) is 49.4 Å². The molecule has 29 heavy (non-hydrogen) atoms. The second-order valence-corrected chi connectivity index (χ2v) is 8.33. The van der Waals surface area contributed by atoms with Crippen LogP contribution in [-0.2, 0) is 4.79 Å². The molecule has 0 aliphatic carbocycles. The number of piperidine rings is 1. The Labute approximate surface area is 171 Å². The molecule has 5 nitrogen and oxygen atoms in total. The third-order valence-electron chi connectivity index (χ3n) is 5.91. The van der Waals surface area contributed by atoms with E-state index in [-0.39, 0.29) is 18.3 Å². The van der Waals surface area contributed by atoms with Gasteiger partial charge in [0.2, 0.25) is 0 Å². The maximum Gasteiger partial charge on any atom is 0.260 e. The lowest BCUT2D eigenvalue weighted by Gasteiger charge is -2.44. The maximum atomic E-state index is 12.8. The van der Waals surface area contributed by atoms with E-state index in [1.807, 2.05) is 62.1 Å². The number of hydrogen-bond acceptors (Lipinski definition) is 4. The minimum Gasteiger partial charge on any atom is -0.486 e. The van der Waals surface area contributed by atoms with Crippen molar-refractivity contribution in [1.29, 1.82) is 0 Å². The van der Waals surface area contributed by atoms with Gasteiger partial charge in [-0.05, 0) is 55.7 Å². The largest absolute Gasteiger partial charge is 0.486 e. The van der Waals surface area contributed by atoms with Crippen molar-refractivity contribution in [3.05, 3.63) is 58.7 Å². The first-order valence-electron chi connectivity index (χ1n) is 10.2. The highest BCUT2D eigenvalue weighted by Gasteiger charge is 2.44. The van der Waals surface area contributed by atoms with Crippen LogP contribution in [0.5, 0.6) is 11.5 Å². The molecule has 0 atom stereocenters. The van der Waals surface area contributed by atoms with E-state index in [0.717, 1.165) is 16.7 Å². The van der Waals surface area contributed by atoms with Crippen molar-refractivity contribution in [2.45, 2.75) is 45.6 Å². The van der Waals surface area contributed by atoms with Crippen LogP contribution in [0.15, 0.2) is 36.4 Å². The number of carbonyl (C=O) groups excluding carboxylic acids is 2. The Kier molecular flexibility index (Phi) is 5.07. The highest BCUT2D eigenvalue weighted by atomic mass is 16.5. The lowest BCUT2D eigenvalue weighted by Crippen LogP contribution is -2.53. The molecule has 0 radical (unpaired) electrons. The lowest BCUT2D eigenvalue weighted by molar-refractivity contribution is -0.136. The molecule has 0 N–H and O–H groups in total. The molecule has 2 aromatic carbocycles. The van der Waals surface area contributed by atoms with Crippen molar-refractivity contribution in [3.63, 3.8) is 0 Å². The zero-order valence-electron chi connectivity index (χ0n) is 17.3. The predicted molar refractivity (Wildman–Crippen MR) is 111 cm³/mol. The summed E-state index contributed by atoms with van der Waals surface area (Å²) in [7, 11) is 0. The molecule has 1 saturated heterocycles. The van der Waals surface area contributed by atoms with Gasteiger partial charge in [0.15, 0.2) is 12.4 Å². The van der Waals surface area contributed by atoms with Crippen molar-refractivity contribution in [3.8, 4) is 11.5 Å². The highest BCUT2D eigenvalue weighted by Crippen LogP contribution is 2.41. The smallest absolute Gasteiger partial charge is 0.260 e. The Morgan fingerprint density at radius 2 is 1.86 bits per heavy atom. The number of benzene rings is 2. The molecule has 152 valence electrons. The van der Waals surface area contributed by atoms with Gasteiger partial charge in [-0.15, -0.1) is 0 Å². The summed E-state index contributed by atoms with van der Waals surface area (Å²) in [6.45, 7) is 7.13. The van der Waals surface area contributed by atoms with Crippen LogP contribution in [0.1, 0.15) is 46.3 Å². The van der Waals surface area contributed by atoms with E-state index in [9.17, 15) is 9.59 Å². The van der Waals surface area contributed by atoms with Gasteiger partial charge in [-0.25, -0.2) is 0 Å². The first-order valence-corrected chi connectivity index (χ1v) is 10.2. The fourth-order valence-corrected chi connectivity index (χ4v) is 4.40. The minimum atomic E-state index is -0.501. The Hall–Kier alpha value is -2.82. The molecule has 5 heteroatoms. The molecule has 0 unspecified atom stereocenters. The van der Waals surface area contributed by atoms with E-state index in [1.165, 1.54) is 0 Å². The molecule has 2 aromatic rings. The van der Waals surface area contributed by atoms with Crippen molar-refractivity contribution < 1.29 is 19.1 Å². The molecular formula is C24H27NO4.